The molecule has 0 aromatic rings. The molecule has 0 saturated carbocycles. The Balaban J connectivity index is 2.36. The third-order valence-corrected chi connectivity index (χ3v) is 13.3. The normalized spacial score (nSPS) is 21.0. The van der Waals surface area contributed by atoms with E-state index in [1.165, 1.54) is 161 Å². The van der Waals surface area contributed by atoms with Crippen LogP contribution in [0, 0.1) is 0 Å². The van der Waals surface area contributed by atoms with Gasteiger partial charge in [-0.2, -0.15) is 0 Å². The Kier molecular flexibility index (Phi) is 41.6. The molecule has 9 atom stereocenters. The Morgan fingerprint density at radius 2 is 0.923 bits per heavy atom. The zero-order valence-electron chi connectivity index (χ0n) is 41.7. The number of carbonyl (C=O) groups is 1. The number of allylic oxidation sites excluding steroid dienone is 4. The van der Waals surface area contributed by atoms with Gasteiger partial charge in [0.05, 0.1) is 25.4 Å². The van der Waals surface area contributed by atoms with Crippen molar-refractivity contribution in [3.05, 3.63) is 24.3 Å². The van der Waals surface area contributed by atoms with Gasteiger partial charge in [0.1, 0.15) is 36.6 Å². The number of hydrogen-bond acceptors (Lipinski definition) is 10. The highest BCUT2D eigenvalue weighted by Gasteiger charge is 2.44. The Morgan fingerprint density at radius 1 is 0.538 bits per heavy atom. The van der Waals surface area contributed by atoms with Crippen LogP contribution in [0.1, 0.15) is 245 Å². The maximum atomic E-state index is 13.1. The van der Waals surface area contributed by atoms with Gasteiger partial charge >= 0.3 is 0 Å². The molecule has 1 fully saturated rings. The fourth-order valence-electron chi connectivity index (χ4n) is 8.79. The van der Waals surface area contributed by atoms with E-state index in [0.717, 1.165) is 44.9 Å². The lowest BCUT2D eigenvalue weighted by Gasteiger charge is -2.40. The van der Waals surface area contributed by atoms with E-state index >= 15 is 0 Å². The van der Waals surface area contributed by atoms with Crippen molar-refractivity contribution in [2.45, 2.75) is 300 Å². The van der Waals surface area contributed by atoms with Crippen molar-refractivity contribution in [3.8, 4) is 0 Å². The molecule has 11 heteroatoms. The van der Waals surface area contributed by atoms with Gasteiger partial charge in [-0.3, -0.25) is 4.79 Å². The first kappa shape index (κ1) is 61.6. The zero-order valence-corrected chi connectivity index (χ0v) is 41.7. The molecule has 0 aromatic carbocycles. The molecule has 0 bridgehead atoms. The predicted octanol–water partition coefficient (Wildman–Crippen LogP) is 10.6. The summed E-state index contributed by atoms with van der Waals surface area (Å²) in [5, 5.41) is 76.0. The van der Waals surface area contributed by atoms with Gasteiger partial charge in [-0.15, -0.1) is 0 Å². The second kappa shape index (κ2) is 43.8. The van der Waals surface area contributed by atoms with E-state index in [1.807, 2.05) is 0 Å². The first-order valence-electron chi connectivity index (χ1n) is 27.3. The molecule has 1 rings (SSSR count). The average molecular weight is 926 g/mol. The molecular weight excluding hydrogens is 823 g/mol. The fourth-order valence-corrected chi connectivity index (χ4v) is 8.79. The second-order valence-corrected chi connectivity index (χ2v) is 19.3. The van der Waals surface area contributed by atoms with Crippen molar-refractivity contribution in [2.24, 2.45) is 0 Å². The van der Waals surface area contributed by atoms with Crippen molar-refractivity contribution >= 4 is 5.91 Å². The summed E-state index contributed by atoms with van der Waals surface area (Å²) < 4.78 is 11.1. The van der Waals surface area contributed by atoms with Crippen LogP contribution < -0.4 is 5.32 Å². The van der Waals surface area contributed by atoms with Gasteiger partial charge in [-0.25, -0.2) is 0 Å². The van der Waals surface area contributed by atoms with E-state index in [1.54, 1.807) is 0 Å². The van der Waals surface area contributed by atoms with E-state index < -0.39 is 74.2 Å². The predicted molar refractivity (Wildman–Crippen MR) is 266 cm³/mol. The third-order valence-electron chi connectivity index (χ3n) is 13.3. The minimum atomic E-state index is -1.66. The van der Waals surface area contributed by atoms with E-state index in [9.17, 15) is 40.5 Å². The van der Waals surface area contributed by atoms with Crippen molar-refractivity contribution < 1.29 is 50.0 Å². The van der Waals surface area contributed by atoms with E-state index in [0.29, 0.717) is 19.3 Å². The van der Waals surface area contributed by atoms with Gasteiger partial charge < -0.3 is 50.5 Å². The molecule has 65 heavy (non-hydrogen) atoms. The number of unbranched alkanes of at least 4 members (excludes halogenated alkanes) is 31. The van der Waals surface area contributed by atoms with Gasteiger partial charge in [0.15, 0.2) is 6.29 Å². The molecule has 8 N–H and O–H groups in total. The molecule has 1 amide bonds. The van der Waals surface area contributed by atoms with Crippen LogP contribution in [0.2, 0.25) is 0 Å². The molecule has 384 valence electrons. The molecule has 0 aromatic heterocycles. The molecule has 0 spiro atoms. The van der Waals surface area contributed by atoms with Gasteiger partial charge in [-0.1, -0.05) is 231 Å². The van der Waals surface area contributed by atoms with E-state index in [-0.39, 0.29) is 6.42 Å². The standard InChI is InChI=1S/C54H103NO10/c1-3-5-7-9-11-13-15-17-19-21-23-24-26-27-29-31-33-35-37-39-41-46(57)49(59)45(44-64-54-52(62)51(61)50(60)48(43-56)65-54)55-53(63)47(58)42-40-38-36-34-32-30-28-25-22-20-18-16-14-12-10-8-6-4-2/h12,14,16,18,45-52,54,56-62H,3-11,13,15,17,19-44H2,1-2H3,(H,55,63)/b14-12-,18-16-. The van der Waals surface area contributed by atoms with E-state index in [4.69, 9.17) is 9.47 Å². The topological polar surface area (TPSA) is 189 Å². The highest BCUT2D eigenvalue weighted by atomic mass is 16.7. The lowest BCUT2D eigenvalue weighted by atomic mass is 9.98. The molecule has 1 heterocycles. The number of rotatable bonds is 46. The van der Waals surface area contributed by atoms with Crippen LogP contribution in [-0.2, 0) is 14.3 Å². The zero-order chi connectivity index (χ0) is 47.6. The summed E-state index contributed by atoms with van der Waals surface area (Å²) in [5.41, 5.74) is 0. The van der Waals surface area contributed by atoms with Crippen molar-refractivity contribution in [3.63, 3.8) is 0 Å². The monoisotopic (exact) mass is 926 g/mol. The Hall–Kier alpha value is -1.41. The Morgan fingerprint density at radius 3 is 1.37 bits per heavy atom. The minimum Gasteiger partial charge on any atom is -0.394 e. The second-order valence-electron chi connectivity index (χ2n) is 19.3. The summed E-state index contributed by atoms with van der Waals surface area (Å²) in [6.07, 6.45) is 39.3. The van der Waals surface area contributed by atoms with Crippen LogP contribution in [0.4, 0.5) is 0 Å². The van der Waals surface area contributed by atoms with Gasteiger partial charge in [0.2, 0.25) is 5.91 Å². The summed E-state index contributed by atoms with van der Waals surface area (Å²) in [6.45, 7) is 3.44. The van der Waals surface area contributed by atoms with Crippen LogP contribution in [0.15, 0.2) is 24.3 Å². The Labute approximate surface area is 397 Å². The summed E-state index contributed by atoms with van der Waals surface area (Å²) in [5.74, 6) is -0.699. The molecular formula is C54H103NO10. The SMILES string of the molecule is CCCCC/C=C\C=C/CCCCCCCCCCCC(O)C(=O)NC(COC1OC(CO)C(O)C(O)C1O)C(O)C(O)CCCCCCCCCCCCCCCCCCCCCC. The first-order valence-corrected chi connectivity index (χ1v) is 27.3. The summed E-state index contributed by atoms with van der Waals surface area (Å²) >= 11 is 0. The van der Waals surface area contributed by atoms with Crippen LogP contribution in [0.25, 0.3) is 0 Å². The van der Waals surface area contributed by atoms with Crippen LogP contribution in [0.3, 0.4) is 0 Å². The smallest absolute Gasteiger partial charge is 0.249 e. The number of carbonyl (C=O) groups excluding carboxylic acids is 1. The van der Waals surface area contributed by atoms with Crippen LogP contribution in [0.5, 0.6) is 0 Å². The maximum absolute atomic E-state index is 13.1. The molecule has 0 aliphatic carbocycles. The quantitative estimate of drug-likeness (QED) is 0.0216. The molecule has 1 aliphatic rings. The largest absolute Gasteiger partial charge is 0.394 e. The molecule has 9 unspecified atom stereocenters. The number of ether oxygens (including phenoxy) is 2. The number of aliphatic hydroxyl groups is 7. The number of hydrogen-bond donors (Lipinski definition) is 8. The summed E-state index contributed by atoms with van der Waals surface area (Å²) in [4.78, 5) is 13.1. The van der Waals surface area contributed by atoms with Crippen LogP contribution in [-0.4, -0.2) is 110 Å². The van der Waals surface area contributed by atoms with Crippen molar-refractivity contribution in [2.75, 3.05) is 13.2 Å². The summed E-state index contributed by atoms with van der Waals surface area (Å²) in [7, 11) is 0. The molecule has 1 saturated heterocycles. The minimum absolute atomic E-state index is 0.256. The summed E-state index contributed by atoms with van der Waals surface area (Å²) in [6, 6.07) is -1.17. The lowest BCUT2D eigenvalue weighted by Crippen LogP contribution is -2.60. The maximum Gasteiger partial charge on any atom is 0.249 e. The molecule has 11 nitrogen and oxygen atoms in total. The van der Waals surface area contributed by atoms with Gasteiger partial charge in [0.25, 0.3) is 0 Å². The fraction of sp³-hybridized carbons (Fsp3) is 0.907. The highest BCUT2D eigenvalue weighted by Crippen LogP contribution is 2.23. The Bertz CT molecular complexity index is 1110. The number of amides is 1. The highest BCUT2D eigenvalue weighted by molar-refractivity contribution is 5.80. The molecule has 1 aliphatic heterocycles. The number of aliphatic hydroxyl groups excluding tert-OH is 7. The van der Waals surface area contributed by atoms with Crippen molar-refractivity contribution in [1.82, 2.24) is 5.32 Å². The van der Waals surface area contributed by atoms with E-state index in [2.05, 4.69) is 43.5 Å². The van der Waals surface area contributed by atoms with Crippen LogP contribution >= 0.6 is 0 Å². The molecule has 0 radical (unpaired) electrons. The average Bonchev–Trinajstić information content (AvgIpc) is 3.31. The van der Waals surface area contributed by atoms with Gasteiger partial charge in [0, 0.05) is 0 Å². The lowest BCUT2D eigenvalue weighted by molar-refractivity contribution is -0.303. The number of nitrogens with one attached hydrogen (secondary N) is 1. The van der Waals surface area contributed by atoms with Crippen molar-refractivity contribution in [1.29, 1.82) is 0 Å². The van der Waals surface area contributed by atoms with Gasteiger partial charge in [-0.05, 0) is 38.5 Å². The first-order chi connectivity index (χ1) is 31.7. The third kappa shape index (κ3) is 32.9.